The molecule has 0 aliphatic carbocycles. The predicted octanol–water partition coefficient (Wildman–Crippen LogP) is 1.99. The SMILES string of the molecule is Cc1c(C(=O)Nc2ccc(F)c(F)c2)c2n(c1C(=O)C(=O)NC(C(N)=O)C(F)(F)F)CCC2. The van der Waals surface area contributed by atoms with Crippen LogP contribution in [0.15, 0.2) is 18.2 Å². The van der Waals surface area contributed by atoms with Gasteiger partial charge in [-0.3, -0.25) is 19.2 Å². The molecule has 1 aromatic carbocycles. The molecule has 1 unspecified atom stereocenters. The van der Waals surface area contributed by atoms with E-state index >= 15 is 0 Å². The summed E-state index contributed by atoms with van der Waals surface area (Å²) in [5.41, 5.74) is 4.62. The molecule has 3 amide bonds. The number of rotatable bonds is 6. The van der Waals surface area contributed by atoms with E-state index in [1.807, 2.05) is 0 Å². The molecular formula is C20H17F5N4O4. The molecule has 1 atom stereocenters. The van der Waals surface area contributed by atoms with Gasteiger partial charge < -0.3 is 20.9 Å². The Morgan fingerprint density at radius 1 is 1.12 bits per heavy atom. The Morgan fingerprint density at radius 2 is 1.79 bits per heavy atom. The highest BCUT2D eigenvalue weighted by Crippen LogP contribution is 2.30. The number of alkyl halides is 3. The van der Waals surface area contributed by atoms with Gasteiger partial charge in [0.2, 0.25) is 11.9 Å². The van der Waals surface area contributed by atoms with E-state index in [4.69, 9.17) is 0 Å². The Morgan fingerprint density at radius 3 is 2.36 bits per heavy atom. The smallest absolute Gasteiger partial charge is 0.368 e. The summed E-state index contributed by atoms with van der Waals surface area (Å²) in [6.45, 7) is 1.53. The van der Waals surface area contributed by atoms with Gasteiger partial charge in [-0.05, 0) is 37.5 Å². The van der Waals surface area contributed by atoms with Gasteiger partial charge in [0.25, 0.3) is 17.6 Å². The minimum Gasteiger partial charge on any atom is -0.368 e. The van der Waals surface area contributed by atoms with Gasteiger partial charge in [-0.25, -0.2) is 8.78 Å². The third-order valence-electron chi connectivity index (χ3n) is 5.12. The summed E-state index contributed by atoms with van der Waals surface area (Å²) < 4.78 is 66.7. The maximum absolute atomic E-state index is 13.4. The van der Waals surface area contributed by atoms with E-state index in [0.717, 1.165) is 18.2 Å². The van der Waals surface area contributed by atoms with Crippen LogP contribution < -0.4 is 16.4 Å². The topological polar surface area (TPSA) is 123 Å². The Hall–Kier alpha value is -3.77. The number of carbonyl (C=O) groups is 4. The molecular weight excluding hydrogens is 455 g/mol. The van der Waals surface area contributed by atoms with E-state index in [1.54, 1.807) is 0 Å². The number of ketones is 1. The van der Waals surface area contributed by atoms with E-state index in [9.17, 15) is 41.1 Å². The van der Waals surface area contributed by atoms with Gasteiger partial charge in [0.1, 0.15) is 0 Å². The van der Waals surface area contributed by atoms with Crippen LogP contribution in [0.2, 0.25) is 0 Å². The zero-order valence-corrected chi connectivity index (χ0v) is 17.0. The van der Waals surface area contributed by atoms with Crippen LogP contribution >= 0.6 is 0 Å². The highest BCUT2D eigenvalue weighted by Gasteiger charge is 2.46. The molecule has 8 nitrogen and oxygen atoms in total. The highest BCUT2D eigenvalue weighted by atomic mass is 19.4. The van der Waals surface area contributed by atoms with Crippen molar-refractivity contribution in [3.8, 4) is 0 Å². The molecule has 0 spiro atoms. The summed E-state index contributed by atoms with van der Waals surface area (Å²) in [6.07, 6.45) is -4.41. The summed E-state index contributed by atoms with van der Waals surface area (Å²) in [4.78, 5) is 48.9. The van der Waals surface area contributed by atoms with E-state index in [1.165, 1.54) is 16.8 Å². The number of halogens is 5. The van der Waals surface area contributed by atoms with E-state index < -0.39 is 47.4 Å². The molecule has 1 aromatic heterocycles. The minimum absolute atomic E-state index is 0.00701. The third kappa shape index (κ3) is 4.56. The molecule has 4 N–H and O–H groups in total. The zero-order chi connectivity index (χ0) is 24.7. The number of nitrogens with one attached hydrogen (secondary N) is 2. The lowest BCUT2D eigenvalue weighted by Crippen LogP contribution is -2.55. The average molecular weight is 472 g/mol. The van der Waals surface area contributed by atoms with E-state index in [0.29, 0.717) is 18.5 Å². The Labute approximate surface area is 182 Å². The van der Waals surface area contributed by atoms with Crippen molar-refractivity contribution in [2.45, 2.75) is 38.5 Å². The van der Waals surface area contributed by atoms with Gasteiger partial charge in [-0.15, -0.1) is 0 Å². The number of hydrogen-bond acceptors (Lipinski definition) is 4. The lowest BCUT2D eigenvalue weighted by atomic mass is 10.0. The highest BCUT2D eigenvalue weighted by molar-refractivity contribution is 6.43. The van der Waals surface area contributed by atoms with Crippen molar-refractivity contribution in [2.75, 3.05) is 5.32 Å². The first-order chi connectivity index (χ1) is 15.3. The number of primary amides is 1. The zero-order valence-electron chi connectivity index (χ0n) is 17.0. The van der Waals surface area contributed by atoms with Gasteiger partial charge in [0.15, 0.2) is 11.6 Å². The van der Waals surface area contributed by atoms with Gasteiger partial charge >= 0.3 is 6.18 Å². The second-order valence-electron chi connectivity index (χ2n) is 7.31. The fraction of sp³-hybridized carbons (Fsp3) is 0.300. The second kappa shape index (κ2) is 8.64. The van der Waals surface area contributed by atoms with Gasteiger partial charge in [-0.1, -0.05) is 0 Å². The quantitative estimate of drug-likeness (QED) is 0.338. The standard InChI is InChI=1S/C20H17F5N4O4/c1-8-13(18(32)27-9-4-5-10(21)11(22)7-9)12-3-2-6-29(12)14(8)15(30)19(33)28-16(17(26)31)20(23,24)25/h4-5,7,16H,2-3,6H2,1H3,(H2,26,31)(H,27,32)(H,28,33). The Balaban J connectivity index is 1.93. The number of amides is 3. The summed E-state index contributed by atoms with van der Waals surface area (Å²) in [7, 11) is 0. The van der Waals surface area contributed by atoms with Crippen molar-refractivity contribution in [2.24, 2.45) is 5.73 Å². The van der Waals surface area contributed by atoms with Crippen molar-refractivity contribution < 1.29 is 41.1 Å². The number of nitrogens with two attached hydrogens (primary N) is 1. The van der Waals surface area contributed by atoms with E-state index in [2.05, 4.69) is 11.1 Å². The van der Waals surface area contributed by atoms with Crippen molar-refractivity contribution >= 4 is 29.2 Å². The molecule has 3 rings (SSSR count). The van der Waals surface area contributed by atoms with E-state index in [-0.39, 0.29) is 29.1 Å². The summed E-state index contributed by atoms with van der Waals surface area (Å²) in [6, 6.07) is -0.405. The fourth-order valence-corrected chi connectivity index (χ4v) is 3.70. The van der Waals surface area contributed by atoms with Gasteiger partial charge in [0.05, 0.1) is 11.3 Å². The third-order valence-corrected chi connectivity index (χ3v) is 5.12. The first-order valence-corrected chi connectivity index (χ1v) is 9.52. The van der Waals surface area contributed by atoms with Crippen LogP contribution in [0.5, 0.6) is 0 Å². The average Bonchev–Trinajstić information content (AvgIpc) is 3.26. The lowest BCUT2D eigenvalue weighted by Gasteiger charge is -2.18. The lowest BCUT2D eigenvalue weighted by molar-refractivity contribution is -0.169. The van der Waals surface area contributed by atoms with Crippen LogP contribution in [0.4, 0.5) is 27.6 Å². The molecule has 0 saturated heterocycles. The molecule has 1 aliphatic heterocycles. The maximum Gasteiger partial charge on any atom is 0.417 e. The molecule has 2 heterocycles. The number of hydrogen-bond donors (Lipinski definition) is 3. The summed E-state index contributed by atoms with van der Waals surface area (Å²) in [5.74, 6) is -8.12. The number of benzene rings is 1. The fourth-order valence-electron chi connectivity index (χ4n) is 3.70. The van der Waals surface area contributed by atoms with Crippen molar-refractivity contribution in [1.29, 1.82) is 0 Å². The van der Waals surface area contributed by atoms with Gasteiger partial charge in [0, 0.05) is 24.0 Å². The van der Waals surface area contributed by atoms with Crippen molar-refractivity contribution in [3.05, 3.63) is 52.3 Å². The molecule has 0 saturated carbocycles. The van der Waals surface area contributed by atoms with Crippen LogP contribution in [0.25, 0.3) is 0 Å². The largest absolute Gasteiger partial charge is 0.417 e. The molecule has 0 radical (unpaired) electrons. The first kappa shape index (κ1) is 23.9. The molecule has 13 heteroatoms. The first-order valence-electron chi connectivity index (χ1n) is 9.52. The minimum atomic E-state index is -5.21. The second-order valence-corrected chi connectivity index (χ2v) is 7.31. The maximum atomic E-state index is 13.4. The Bertz CT molecular complexity index is 1170. The number of fused-ring (bicyclic) bond motifs is 1. The van der Waals surface area contributed by atoms with Crippen LogP contribution in [0.3, 0.4) is 0 Å². The summed E-state index contributed by atoms with van der Waals surface area (Å²) >= 11 is 0. The number of nitrogens with zero attached hydrogens (tertiary/aromatic N) is 1. The van der Waals surface area contributed by atoms with Crippen molar-refractivity contribution in [1.82, 2.24) is 9.88 Å². The molecule has 33 heavy (non-hydrogen) atoms. The van der Waals surface area contributed by atoms with Crippen LogP contribution in [-0.2, 0) is 22.6 Å². The monoisotopic (exact) mass is 472 g/mol. The molecule has 2 aromatic rings. The molecule has 1 aliphatic rings. The predicted molar refractivity (Wildman–Crippen MR) is 103 cm³/mol. The molecule has 0 fully saturated rings. The number of aromatic nitrogens is 1. The van der Waals surface area contributed by atoms with Crippen LogP contribution in [0.1, 0.15) is 38.5 Å². The normalized spacial score (nSPS) is 13.9. The summed E-state index contributed by atoms with van der Waals surface area (Å²) in [5, 5.41) is 3.65. The molecule has 0 bridgehead atoms. The van der Waals surface area contributed by atoms with Gasteiger partial charge in [-0.2, -0.15) is 13.2 Å². The van der Waals surface area contributed by atoms with Crippen molar-refractivity contribution in [3.63, 3.8) is 0 Å². The van der Waals surface area contributed by atoms with Crippen LogP contribution in [0, 0.1) is 18.6 Å². The number of Topliss-reactive ketones (excluding diaryl/α,β-unsaturated/α-hetero) is 1. The molecule has 176 valence electrons. The number of carbonyl (C=O) groups excluding carboxylic acids is 4. The number of anilines is 1. The Kier molecular flexibility index (Phi) is 6.25. The van der Waals surface area contributed by atoms with Crippen LogP contribution in [-0.4, -0.2) is 40.3 Å².